The smallest absolute Gasteiger partial charge is 0.262 e. The van der Waals surface area contributed by atoms with Crippen molar-refractivity contribution in [1.29, 1.82) is 0 Å². The van der Waals surface area contributed by atoms with Crippen molar-refractivity contribution in [3.05, 3.63) is 71.2 Å². The minimum Gasteiger partial charge on any atom is -0.484 e. The molecule has 3 aromatic carbocycles. The number of benzene rings is 3. The molecule has 3 nitrogen and oxygen atoms in total. The number of rotatable bonds is 4. The first-order valence-corrected chi connectivity index (χ1v) is 7.67. The molecule has 0 saturated carbocycles. The van der Waals surface area contributed by atoms with E-state index in [1.165, 1.54) is 0 Å². The van der Waals surface area contributed by atoms with Crippen molar-refractivity contribution in [2.45, 2.75) is 0 Å². The van der Waals surface area contributed by atoms with Crippen LogP contribution in [-0.4, -0.2) is 12.5 Å². The van der Waals surface area contributed by atoms with Crippen molar-refractivity contribution < 1.29 is 9.53 Å². The van der Waals surface area contributed by atoms with Gasteiger partial charge in [0.2, 0.25) is 0 Å². The van der Waals surface area contributed by atoms with Gasteiger partial charge in [-0.2, -0.15) is 0 Å². The second-order valence-electron chi connectivity index (χ2n) is 4.86. The van der Waals surface area contributed by atoms with E-state index in [2.05, 4.69) is 21.2 Å². The number of halogens is 1. The van der Waals surface area contributed by atoms with E-state index in [0.29, 0.717) is 5.75 Å². The summed E-state index contributed by atoms with van der Waals surface area (Å²) in [5.74, 6) is 0.471. The lowest BCUT2D eigenvalue weighted by Crippen LogP contribution is -2.20. The molecule has 0 unspecified atom stereocenters. The summed E-state index contributed by atoms with van der Waals surface area (Å²) in [5.41, 5.74) is 0.765. The lowest BCUT2D eigenvalue weighted by molar-refractivity contribution is -0.118. The highest BCUT2D eigenvalue weighted by atomic mass is 79.9. The van der Waals surface area contributed by atoms with Crippen molar-refractivity contribution in [2.24, 2.45) is 0 Å². The van der Waals surface area contributed by atoms with E-state index in [4.69, 9.17) is 4.74 Å². The van der Waals surface area contributed by atoms with Crippen LogP contribution < -0.4 is 10.1 Å². The number of fused-ring (bicyclic) bond motifs is 1. The zero-order valence-electron chi connectivity index (χ0n) is 11.8. The fourth-order valence-electron chi connectivity index (χ4n) is 2.17. The van der Waals surface area contributed by atoms with E-state index in [1.54, 1.807) is 0 Å². The maximum Gasteiger partial charge on any atom is 0.262 e. The minimum absolute atomic E-state index is 0.0245. The van der Waals surface area contributed by atoms with Crippen molar-refractivity contribution in [1.82, 2.24) is 0 Å². The van der Waals surface area contributed by atoms with Crippen LogP contribution >= 0.6 is 15.9 Å². The molecule has 1 amide bonds. The maximum atomic E-state index is 12.0. The Bertz CT molecular complexity index is 817. The lowest BCUT2D eigenvalue weighted by atomic mass is 10.1. The molecule has 22 heavy (non-hydrogen) atoms. The van der Waals surface area contributed by atoms with Gasteiger partial charge in [-0.1, -0.05) is 52.3 Å². The average Bonchev–Trinajstić information content (AvgIpc) is 2.53. The minimum atomic E-state index is -0.185. The Morgan fingerprint density at radius 3 is 2.59 bits per heavy atom. The summed E-state index contributed by atoms with van der Waals surface area (Å²) < 4.78 is 6.38. The first-order chi connectivity index (χ1) is 10.7. The Balaban J connectivity index is 1.63. The first kappa shape index (κ1) is 14.6. The predicted molar refractivity (Wildman–Crippen MR) is 92.2 cm³/mol. The van der Waals surface area contributed by atoms with Gasteiger partial charge in [-0.15, -0.1) is 0 Å². The van der Waals surface area contributed by atoms with Gasteiger partial charge in [0.05, 0.1) is 0 Å². The number of amides is 1. The Morgan fingerprint density at radius 1 is 0.955 bits per heavy atom. The van der Waals surface area contributed by atoms with Crippen molar-refractivity contribution in [2.75, 3.05) is 11.9 Å². The number of nitrogens with one attached hydrogen (secondary N) is 1. The standard InChI is InChI=1S/C18H14BrNO2/c19-15-6-3-7-17(11-15)22-12-18(21)20-16-9-8-13-4-1-2-5-14(13)10-16/h1-11H,12H2,(H,20,21). The third-order valence-corrected chi connectivity index (χ3v) is 3.69. The largest absolute Gasteiger partial charge is 0.484 e. The zero-order chi connectivity index (χ0) is 15.4. The van der Waals surface area contributed by atoms with Crippen LogP contribution in [0.1, 0.15) is 0 Å². The third kappa shape index (κ3) is 3.65. The van der Waals surface area contributed by atoms with Gasteiger partial charge in [-0.25, -0.2) is 0 Å². The van der Waals surface area contributed by atoms with Gasteiger partial charge in [0.25, 0.3) is 5.91 Å². The van der Waals surface area contributed by atoms with E-state index in [-0.39, 0.29) is 12.5 Å². The highest BCUT2D eigenvalue weighted by Gasteiger charge is 2.04. The Labute approximate surface area is 137 Å². The van der Waals surface area contributed by atoms with Gasteiger partial charge in [-0.05, 0) is 41.1 Å². The number of hydrogen-bond acceptors (Lipinski definition) is 2. The van der Waals surface area contributed by atoms with Gasteiger partial charge < -0.3 is 10.1 Å². The van der Waals surface area contributed by atoms with E-state index in [1.807, 2.05) is 66.7 Å². The SMILES string of the molecule is O=C(COc1cccc(Br)c1)Nc1ccc2ccccc2c1. The number of carbonyl (C=O) groups is 1. The Kier molecular flexibility index (Phi) is 4.39. The highest BCUT2D eigenvalue weighted by molar-refractivity contribution is 9.10. The fraction of sp³-hybridized carbons (Fsp3) is 0.0556. The number of carbonyl (C=O) groups excluding carboxylic acids is 1. The third-order valence-electron chi connectivity index (χ3n) is 3.20. The van der Waals surface area contributed by atoms with Crippen LogP contribution in [0.2, 0.25) is 0 Å². The van der Waals surface area contributed by atoms with Crippen molar-refractivity contribution in [3.63, 3.8) is 0 Å². The number of ether oxygens (including phenoxy) is 1. The lowest BCUT2D eigenvalue weighted by Gasteiger charge is -2.08. The first-order valence-electron chi connectivity index (χ1n) is 6.88. The quantitative estimate of drug-likeness (QED) is 0.741. The molecule has 0 heterocycles. The Hall–Kier alpha value is -2.33. The summed E-state index contributed by atoms with van der Waals surface area (Å²) in [4.78, 5) is 12.0. The summed E-state index contributed by atoms with van der Waals surface area (Å²) in [5, 5.41) is 5.08. The summed E-state index contributed by atoms with van der Waals surface area (Å²) in [6.07, 6.45) is 0. The van der Waals surface area contributed by atoms with Crippen molar-refractivity contribution in [3.8, 4) is 5.75 Å². The van der Waals surface area contributed by atoms with Crippen LogP contribution in [0.25, 0.3) is 10.8 Å². The van der Waals surface area contributed by atoms with E-state index < -0.39 is 0 Å². The molecule has 0 saturated heterocycles. The molecule has 1 N–H and O–H groups in total. The zero-order valence-corrected chi connectivity index (χ0v) is 13.3. The van der Waals surface area contributed by atoms with Crippen LogP contribution in [0.4, 0.5) is 5.69 Å². The van der Waals surface area contributed by atoms with Crippen LogP contribution in [0.5, 0.6) is 5.75 Å². The molecule has 0 radical (unpaired) electrons. The predicted octanol–water partition coefficient (Wildman–Crippen LogP) is 4.62. The molecular formula is C18H14BrNO2. The number of anilines is 1. The molecule has 110 valence electrons. The molecule has 0 bridgehead atoms. The number of hydrogen-bond donors (Lipinski definition) is 1. The molecule has 0 aliphatic heterocycles. The Morgan fingerprint density at radius 2 is 1.77 bits per heavy atom. The highest BCUT2D eigenvalue weighted by Crippen LogP contribution is 2.19. The average molecular weight is 356 g/mol. The molecule has 0 aromatic heterocycles. The summed E-state index contributed by atoms with van der Waals surface area (Å²) >= 11 is 3.37. The van der Waals surface area contributed by atoms with Crippen molar-refractivity contribution >= 4 is 38.3 Å². The fourth-order valence-corrected chi connectivity index (χ4v) is 2.55. The molecule has 0 atom stereocenters. The van der Waals surface area contributed by atoms with Crippen LogP contribution in [0, 0.1) is 0 Å². The van der Waals surface area contributed by atoms with Crippen LogP contribution in [-0.2, 0) is 4.79 Å². The monoisotopic (exact) mass is 355 g/mol. The van der Waals surface area contributed by atoms with Crippen LogP contribution in [0.3, 0.4) is 0 Å². The second-order valence-corrected chi connectivity index (χ2v) is 5.77. The summed E-state index contributed by atoms with van der Waals surface area (Å²) in [6.45, 7) is -0.0245. The molecule has 4 heteroatoms. The van der Waals surface area contributed by atoms with E-state index in [0.717, 1.165) is 20.9 Å². The molecule has 0 fully saturated rings. The van der Waals surface area contributed by atoms with E-state index >= 15 is 0 Å². The molecule has 0 spiro atoms. The molecule has 3 aromatic rings. The maximum absolute atomic E-state index is 12.0. The van der Waals surface area contributed by atoms with E-state index in [9.17, 15) is 4.79 Å². The molecule has 0 aliphatic rings. The topological polar surface area (TPSA) is 38.3 Å². The summed E-state index contributed by atoms with van der Waals surface area (Å²) in [6, 6.07) is 21.3. The normalized spacial score (nSPS) is 10.4. The molecule has 3 rings (SSSR count). The summed E-state index contributed by atoms with van der Waals surface area (Å²) in [7, 11) is 0. The molecule has 0 aliphatic carbocycles. The van der Waals surface area contributed by atoms with Crippen LogP contribution in [0.15, 0.2) is 71.2 Å². The second kappa shape index (κ2) is 6.62. The van der Waals surface area contributed by atoms with Gasteiger partial charge in [-0.3, -0.25) is 4.79 Å². The molecular weight excluding hydrogens is 342 g/mol. The van der Waals surface area contributed by atoms with Gasteiger partial charge >= 0.3 is 0 Å². The van der Waals surface area contributed by atoms with Gasteiger partial charge in [0.15, 0.2) is 6.61 Å². The van der Waals surface area contributed by atoms with Gasteiger partial charge in [0, 0.05) is 10.2 Å². The van der Waals surface area contributed by atoms with Gasteiger partial charge in [0.1, 0.15) is 5.75 Å².